The Morgan fingerprint density at radius 1 is 1.22 bits per heavy atom. The van der Waals surface area contributed by atoms with E-state index in [-0.39, 0.29) is 24.4 Å². The highest BCUT2D eigenvalue weighted by Crippen LogP contribution is 2.69. The molecule has 2 N–H and O–H groups in total. The van der Waals surface area contributed by atoms with Gasteiger partial charge in [0.2, 0.25) is 0 Å². The minimum Gasteiger partial charge on any atom is -0.472 e. The van der Waals surface area contributed by atoms with Gasteiger partial charge in [-0.05, 0) is 49.0 Å². The van der Waals surface area contributed by atoms with Gasteiger partial charge in [0.25, 0.3) is 0 Å². The smallest absolute Gasteiger partial charge is 0.303 e. The Hall–Kier alpha value is -1.90. The number of hydrogen-bond donors (Lipinski definition) is 2. The average Bonchev–Trinajstić information content (AvgIpc) is 3.32. The predicted molar refractivity (Wildman–Crippen MR) is 112 cm³/mol. The molecular weight excluding hydrogens is 416 g/mol. The number of ether oxygens (including phenoxy) is 3. The number of rotatable bonds is 6. The van der Waals surface area contributed by atoms with E-state index < -0.39 is 40.7 Å². The summed E-state index contributed by atoms with van der Waals surface area (Å²) in [6, 6.07) is 1.79. The van der Waals surface area contributed by atoms with E-state index in [9.17, 15) is 19.8 Å². The molecule has 8 unspecified atom stereocenters. The molecule has 4 rings (SSSR count). The lowest BCUT2D eigenvalue weighted by Crippen LogP contribution is -2.69. The number of hydrogen-bond acceptors (Lipinski definition) is 8. The van der Waals surface area contributed by atoms with Crippen molar-refractivity contribution < 1.29 is 38.4 Å². The molecule has 1 aromatic rings. The van der Waals surface area contributed by atoms with Crippen molar-refractivity contribution in [2.45, 2.75) is 77.3 Å². The highest BCUT2D eigenvalue weighted by Gasteiger charge is 2.77. The van der Waals surface area contributed by atoms with Crippen LogP contribution in [0.15, 0.2) is 23.0 Å². The lowest BCUT2D eigenvalue weighted by Gasteiger charge is -2.63. The van der Waals surface area contributed by atoms with Gasteiger partial charge in [0.1, 0.15) is 18.3 Å². The molecule has 1 saturated heterocycles. The molecular formula is C24H34O8. The topological polar surface area (TPSA) is 119 Å². The summed E-state index contributed by atoms with van der Waals surface area (Å²) in [7, 11) is 0. The second-order valence-electron chi connectivity index (χ2n) is 10.2. The normalized spacial score (nSPS) is 41.6. The summed E-state index contributed by atoms with van der Waals surface area (Å²) in [5.74, 6) is -0.846. The highest BCUT2D eigenvalue weighted by atomic mass is 16.6. The molecule has 2 aliphatic carbocycles. The van der Waals surface area contributed by atoms with Gasteiger partial charge in [-0.2, -0.15) is 0 Å². The molecule has 1 spiro atoms. The number of epoxide rings is 1. The van der Waals surface area contributed by atoms with Crippen LogP contribution >= 0.6 is 0 Å². The molecule has 0 amide bonds. The number of furan rings is 1. The summed E-state index contributed by atoms with van der Waals surface area (Å²) in [4.78, 5) is 23.7. The van der Waals surface area contributed by atoms with Crippen LogP contribution in [0, 0.1) is 22.7 Å². The summed E-state index contributed by atoms with van der Waals surface area (Å²) in [5.41, 5.74) is -1.48. The van der Waals surface area contributed by atoms with Crippen LogP contribution in [0.3, 0.4) is 0 Å². The van der Waals surface area contributed by atoms with Gasteiger partial charge in [-0.1, -0.05) is 13.8 Å². The maximum atomic E-state index is 11.9. The minimum absolute atomic E-state index is 0.0164. The monoisotopic (exact) mass is 450 g/mol. The molecule has 2 heterocycles. The SMILES string of the molecule is CC(=O)OCC12C(O)CC(C)C(C)(CC(OC(C)=O)c3ccoc3)C1CCC(O)C21CO1. The third-order valence-electron chi connectivity index (χ3n) is 8.59. The number of aliphatic hydroxyl groups is 2. The molecule has 8 heteroatoms. The Kier molecular flexibility index (Phi) is 5.92. The summed E-state index contributed by atoms with van der Waals surface area (Å²) >= 11 is 0. The van der Waals surface area contributed by atoms with Gasteiger partial charge in [0.05, 0.1) is 36.8 Å². The molecule has 1 aliphatic heterocycles. The number of aliphatic hydroxyl groups excluding tert-OH is 2. The van der Waals surface area contributed by atoms with E-state index in [2.05, 4.69) is 13.8 Å². The van der Waals surface area contributed by atoms with E-state index in [1.807, 2.05) is 0 Å². The molecule has 1 aromatic heterocycles. The van der Waals surface area contributed by atoms with Crippen molar-refractivity contribution in [1.82, 2.24) is 0 Å². The van der Waals surface area contributed by atoms with Crippen LogP contribution in [-0.4, -0.2) is 53.2 Å². The molecule has 3 fully saturated rings. The van der Waals surface area contributed by atoms with Crippen LogP contribution in [0.1, 0.15) is 65.0 Å². The molecule has 0 aromatic carbocycles. The van der Waals surface area contributed by atoms with Crippen molar-refractivity contribution in [3.8, 4) is 0 Å². The van der Waals surface area contributed by atoms with Crippen molar-refractivity contribution in [3.05, 3.63) is 24.2 Å². The molecule has 8 atom stereocenters. The molecule has 3 aliphatic rings. The van der Waals surface area contributed by atoms with E-state index in [1.54, 1.807) is 18.6 Å². The summed E-state index contributed by atoms with van der Waals surface area (Å²) in [5, 5.41) is 22.4. The van der Waals surface area contributed by atoms with Crippen molar-refractivity contribution in [1.29, 1.82) is 0 Å². The zero-order valence-corrected chi connectivity index (χ0v) is 19.2. The Labute approximate surface area is 188 Å². The largest absolute Gasteiger partial charge is 0.472 e. The van der Waals surface area contributed by atoms with E-state index in [0.29, 0.717) is 32.3 Å². The highest BCUT2D eigenvalue weighted by molar-refractivity contribution is 5.66. The predicted octanol–water partition coefficient (Wildman–Crippen LogP) is 2.77. The number of esters is 2. The summed E-state index contributed by atoms with van der Waals surface area (Å²) < 4.78 is 22.4. The van der Waals surface area contributed by atoms with Crippen LogP contribution in [0.2, 0.25) is 0 Å². The van der Waals surface area contributed by atoms with E-state index >= 15 is 0 Å². The molecule has 8 nitrogen and oxygen atoms in total. The lowest BCUT2D eigenvalue weighted by molar-refractivity contribution is -0.242. The fourth-order valence-electron chi connectivity index (χ4n) is 6.72. The number of carbonyl (C=O) groups is 2. The van der Waals surface area contributed by atoms with Gasteiger partial charge in [0.15, 0.2) is 0 Å². The van der Waals surface area contributed by atoms with Crippen LogP contribution in [0.5, 0.6) is 0 Å². The third-order valence-corrected chi connectivity index (χ3v) is 8.59. The fourth-order valence-corrected chi connectivity index (χ4v) is 6.72. The first-order chi connectivity index (χ1) is 15.1. The zero-order valence-electron chi connectivity index (χ0n) is 19.2. The molecule has 2 saturated carbocycles. The molecule has 0 bridgehead atoms. The van der Waals surface area contributed by atoms with Crippen molar-refractivity contribution in [2.24, 2.45) is 22.7 Å². The average molecular weight is 451 g/mol. The Morgan fingerprint density at radius 2 is 1.94 bits per heavy atom. The standard InChI is InChI=1S/C24H34O8/c1-14-9-21(28)23(12-30-15(2)25)19(5-6-20(27)24(23)13-31-24)22(14,4)10-18(32-16(3)26)17-7-8-29-11-17/h7-8,11,14,18-21,27-28H,5-6,9-10,12-13H2,1-4H3. The van der Waals surface area contributed by atoms with E-state index in [1.165, 1.54) is 13.8 Å². The van der Waals surface area contributed by atoms with Gasteiger partial charge in [-0.25, -0.2) is 0 Å². The molecule has 32 heavy (non-hydrogen) atoms. The Balaban J connectivity index is 1.76. The van der Waals surface area contributed by atoms with Crippen LogP contribution < -0.4 is 0 Å². The first-order valence-electron chi connectivity index (χ1n) is 11.4. The second-order valence-corrected chi connectivity index (χ2v) is 10.2. The Bertz CT molecular complexity index is 846. The van der Waals surface area contributed by atoms with Gasteiger partial charge in [-0.3, -0.25) is 9.59 Å². The summed E-state index contributed by atoms with van der Waals surface area (Å²) in [6.45, 7) is 7.29. The lowest BCUT2D eigenvalue weighted by atomic mass is 9.42. The first kappa shape index (κ1) is 23.3. The first-order valence-corrected chi connectivity index (χ1v) is 11.4. The van der Waals surface area contributed by atoms with Crippen LogP contribution in [0.4, 0.5) is 0 Å². The quantitative estimate of drug-likeness (QED) is 0.502. The van der Waals surface area contributed by atoms with E-state index in [4.69, 9.17) is 18.6 Å². The van der Waals surface area contributed by atoms with Gasteiger partial charge in [0, 0.05) is 19.4 Å². The maximum absolute atomic E-state index is 11.9. The molecule has 178 valence electrons. The van der Waals surface area contributed by atoms with Crippen molar-refractivity contribution in [3.63, 3.8) is 0 Å². The molecule has 0 radical (unpaired) electrons. The second kappa shape index (κ2) is 8.15. The van der Waals surface area contributed by atoms with Gasteiger partial charge in [-0.15, -0.1) is 0 Å². The van der Waals surface area contributed by atoms with Crippen LogP contribution in [0.25, 0.3) is 0 Å². The number of fused-ring (bicyclic) bond motifs is 2. The third kappa shape index (κ3) is 3.47. The van der Waals surface area contributed by atoms with Crippen LogP contribution in [-0.2, 0) is 23.8 Å². The van der Waals surface area contributed by atoms with Crippen molar-refractivity contribution in [2.75, 3.05) is 13.2 Å². The Morgan fingerprint density at radius 3 is 2.50 bits per heavy atom. The summed E-state index contributed by atoms with van der Waals surface area (Å²) in [6.07, 6.45) is 3.24. The van der Waals surface area contributed by atoms with Crippen molar-refractivity contribution >= 4 is 11.9 Å². The fraction of sp³-hybridized carbons (Fsp3) is 0.750. The van der Waals surface area contributed by atoms with E-state index in [0.717, 1.165) is 5.56 Å². The van der Waals surface area contributed by atoms with Gasteiger partial charge >= 0.3 is 11.9 Å². The number of carbonyl (C=O) groups excluding carboxylic acids is 2. The maximum Gasteiger partial charge on any atom is 0.303 e. The van der Waals surface area contributed by atoms with Gasteiger partial charge < -0.3 is 28.8 Å². The minimum atomic E-state index is -0.936. The zero-order chi connectivity index (χ0) is 23.3.